The number of hydrogen-bond donors (Lipinski definition) is 2. The number of nitrogens with two attached hydrogens (primary N) is 1. The van der Waals surface area contributed by atoms with E-state index in [2.05, 4.69) is 5.32 Å². The highest BCUT2D eigenvalue weighted by molar-refractivity contribution is 5.93. The summed E-state index contributed by atoms with van der Waals surface area (Å²) in [4.78, 5) is 22.6. The van der Waals surface area contributed by atoms with Crippen LogP contribution in [0, 0.1) is 5.82 Å². The first-order chi connectivity index (χ1) is 10.0. The number of halogens is 1. The summed E-state index contributed by atoms with van der Waals surface area (Å²) in [7, 11) is 0. The Morgan fingerprint density at radius 3 is 2.52 bits per heavy atom. The summed E-state index contributed by atoms with van der Waals surface area (Å²) in [5.41, 5.74) is 6.36. The minimum absolute atomic E-state index is 0.0343. The first kappa shape index (κ1) is 14.5. The molecule has 0 aliphatic carbocycles. The lowest BCUT2D eigenvalue weighted by Gasteiger charge is -2.07. The van der Waals surface area contributed by atoms with Crippen LogP contribution in [0.1, 0.15) is 15.9 Å². The molecular weight excluding hydrogens is 275 g/mol. The molecule has 0 aliphatic heterocycles. The van der Waals surface area contributed by atoms with Crippen molar-refractivity contribution in [2.45, 2.75) is 6.61 Å². The molecule has 5 nitrogen and oxygen atoms in total. The van der Waals surface area contributed by atoms with Gasteiger partial charge < -0.3 is 15.8 Å². The molecule has 0 bridgehead atoms. The second-order valence-corrected chi connectivity index (χ2v) is 4.27. The number of nitrogens with one attached hydrogen (secondary N) is 1. The first-order valence-corrected chi connectivity index (χ1v) is 6.12. The lowest BCUT2D eigenvalue weighted by Crippen LogP contribution is -2.19. The van der Waals surface area contributed by atoms with Crippen LogP contribution in [-0.2, 0) is 11.3 Å². The van der Waals surface area contributed by atoms with Crippen molar-refractivity contribution in [3.05, 3.63) is 65.5 Å². The van der Waals surface area contributed by atoms with Gasteiger partial charge in [0, 0.05) is 5.69 Å². The van der Waals surface area contributed by atoms with Gasteiger partial charge in [0.15, 0.2) is 0 Å². The Morgan fingerprint density at radius 2 is 1.86 bits per heavy atom. The Morgan fingerprint density at radius 1 is 1.14 bits per heavy atom. The van der Waals surface area contributed by atoms with Crippen LogP contribution < -0.4 is 11.1 Å². The number of esters is 1. The summed E-state index contributed by atoms with van der Waals surface area (Å²) >= 11 is 0. The van der Waals surface area contributed by atoms with Crippen LogP contribution in [0.25, 0.3) is 0 Å². The highest BCUT2D eigenvalue weighted by Gasteiger charge is 2.08. The van der Waals surface area contributed by atoms with E-state index in [0.29, 0.717) is 11.3 Å². The summed E-state index contributed by atoms with van der Waals surface area (Å²) < 4.78 is 17.9. The van der Waals surface area contributed by atoms with Gasteiger partial charge in [-0.2, -0.15) is 0 Å². The van der Waals surface area contributed by atoms with E-state index in [1.807, 2.05) is 0 Å². The SMILES string of the molecule is NC(=O)Nc1cccc(C(=O)OCc2ccc(F)cc2)c1. The number of urea groups is 1. The van der Waals surface area contributed by atoms with Gasteiger partial charge in [0.2, 0.25) is 0 Å². The maximum Gasteiger partial charge on any atom is 0.338 e. The van der Waals surface area contributed by atoms with Crippen molar-refractivity contribution in [2.75, 3.05) is 5.32 Å². The smallest absolute Gasteiger partial charge is 0.338 e. The van der Waals surface area contributed by atoms with E-state index in [4.69, 9.17) is 10.5 Å². The van der Waals surface area contributed by atoms with Crippen LogP contribution in [-0.4, -0.2) is 12.0 Å². The van der Waals surface area contributed by atoms with Gasteiger partial charge in [-0.1, -0.05) is 18.2 Å². The Kier molecular flexibility index (Phi) is 4.50. The van der Waals surface area contributed by atoms with E-state index >= 15 is 0 Å². The van der Waals surface area contributed by atoms with E-state index < -0.39 is 12.0 Å². The number of ether oxygens (including phenoxy) is 1. The van der Waals surface area contributed by atoms with Gasteiger partial charge in [-0.25, -0.2) is 14.0 Å². The number of amides is 2. The molecule has 0 heterocycles. The van der Waals surface area contributed by atoms with Crippen LogP contribution >= 0.6 is 0 Å². The van der Waals surface area contributed by atoms with Crippen LogP contribution in [0.15, 0.2) is 48.5 Å². The number of carbonyl (C=O) groups excluding carboxylic acids is 2. The van der Waals surface area contributed by atoms with Gasteiger partial charge in [-0.3, -0.25) is 0 Å². The predicted octanol–water partition coefficient (Wildman–Crippen LogP) is 2.67. The topological polar surface area (TPSA) is 81.4 Å². The van der Waals surface area contributed by atoms with E-state index in [-0.39, 0.29) is 18.0 Å². The second kappa shape index (κ2) is 6.51. The van der Waals surface area contributed by atoms with Crippen molar-refractivity contribution in [1.82, 2.24) is 0 Å². The molecule has 2 aromatic carbocycles. The normalized spacial score (nSPS) is 9.95. The molecule has 21 heavy (non-hydrogen) atoms. The number of benzene rings is 2. The third kappa shape index (κ3) is 4.31. The van der Waals surface area contributed by atoms with Crippen LogP contribution in [0.5, 0.6) is 0 Å². The lowest BCUT2D eigenvalue weighted by atomic mass is 10.2. The quantitative estimate of drug-likeness (QED) is 0.849. The zero-order valence-corrected chi connectivity index (χ0v) is 11.0. The minimum Gasteiger partial charge on any atom is -0.457 e. The number of carbonyl (C=O) groups is 2. The molecule has 3 N–H and O–H groups in total. The first-order valence-electron chi connectivity index (χ1n) is 6.12. The Bertz CT molecular complexity index is 656. The predicted molar refractivity (Wildman–Crippen MR) is 75.2 cm³/mol. The maximum atomic E-state index is 12.7. The maximum absolute atomic E-state index is 12.7. The van der Waals surface area contributed by atoms with Crippen LogP contribution in [0.4, 0.5) is 14.9 Å². The molecule has 0 spiro atoms. The van der Waals surface area contributed by atoms with Crippen molar-refractivity contribution in [3.8, 4) is 0 Å². The molecule has 0 aromatic heterocycles. The number of primary amides is 1. The molecule has 2 amide bonds. The fourth-order valence-electron chi connectivity index (χ4n) is 1.68. The zero-order valence-electron chi connectivity index (χ0n) is 11.0. The molecule has 108 valence electrons. The lowest BCUT2D eigenvalue weighted by molar-refractivity contribution is 0.0472. The van der Waals surface area contributed by atoms with E-state index in [1.54, 1.807) is 18.2 Å². The minimum atomic E-state index is -0.716. The Labute approximate surface area is 120 Å². The van der Waals surface area contributed by atoms with E-state index in [1.165, 1.54) is 30.3 Å². The van der Waals surface area contributed by atoms with Gasteiger partial charge in [-0.15, -0.1) is 0 Å². The van der Waals surface area contributed by atoms with Crippen LogP contribution in [0.2, 0.25) is 0 Å². The van der Waals surface area contributed by atoms with E-state index in [0.717, 1.165) is 0 Å². The number of rotatable bonds is 4. The third-order valence-electron chi connectivity index (χ3n) is 2.65. The van der Waals surface area contributed by atoms with Crippen LogP contribution in [0.3, 0.4) is 0 Å². The Balaban J connectivity index is 1.99. The summed E-state index contributed by atoms with van der Waals surface area (Å²) in [5.74, 6) is -0.900. The molecule has 0 unspecified atom stereocenters. The molecule has 0 radical (unpaired) electrons. The van der Waals surface area contributed by atoms with Crippen molar-refractivity contribution >= 4 is 17.7 Å². The third-order valence-corrected chi connectivity index (χ3v) is 2.65. The molecule has 0 saturated heterocycles. The van der Waals surface area contributed by atoms with E-state index in [9.17, 15) is 14.0 Å². The molecule has 2 rings (SSSR count). The largest absolute Gasteiger partial charge is 0.457 e. The monoisotopic (exact) mass is 288 g/mol. The van der Waals surface area contributed by atoms with Gasteiger partial charge in [-0.05, 0) is 35.9 Å². The van der Waals surface area contributed by atoms with Crippen molar-refractivity contribution in [3.63, 3.8) is 0 Å². The molecule has 0 fully saturated rings. The molecule has 6 heteroatoms. The molecule has 2 aromatic rings. The fraction of sp³-hybridized carbons (Fsp3) is 0.0667. The fourth-order valence-corrected chi connectivity index (χ4v) is 1.68. The summed E-state index contributed by atoms with van der Waals surface area (Å²) in [5, 5.41) is 2.37. The molecular formula is C15H13FN2O3. The summed E-state index contributed by atoms with van der Waals surface area (Å²) in [6, 6.07) is 11.1. The van der Waals surface area contributed by atoms with Crippen molar-refractivity contribution in [1.29, 1.82) is 0 Å². The highest BCUT2D eigenvalue weighted by atomic mass is 19.1. The highest BCUT2D eigenvalue weighted by Crippen LogP contribution is 2.13. The van der Waals surface area contributed by atoms with Gasteiger partial charge in [0.05, 0.1) is 5.56 Å². The number of hydrogen-bond acceptors (Lipinski definition) is 3. The molecule has 0 atom stereocenters. The van der Waals surface area contributed by atoms with Gasteiger partial charge in [0.1, 0.15) is 12.4 Å². The molecule has 0 aliphatic rings. The van der Waals surface area contributed by atoms with Gasteiger partial charge >= 0.3 is 12.0 Å². The molecule has 0 saturated carbocycles. The summed E-state index contributed by atoms with van der Waals surface area (Å²) in [6.45, 7) is 0.0343. The van der Waals surface area contributed by atoms with Crippen molar-refractivity contribution in [2.24, 2.45) is 5.73 Å². The Hall–Kier alpha value is -2.89. The number of anilines is 1. The average molecular weight is 288 g/mol. The summed E-state index contributed by atoms with van der Waals surface area (Å²) in [6.07, 6.45) is 0. The van der Waals surface area contributed by atoms with Gasteiger partial charge in [0.25, 0.3) is 0 Å². The zero-order chi connectivity index (χ0) is 15.2. The standard InChI is InChI=1S/C15H13FN2O3/c16-12-6-4-10(5-7-12)9-21-14(19)11-2-1-3-13(8-11)18-15(17)20/h1-8H,9H2,(H3,17,18,20). The average Bonchev–Trinajstić information content (AvgIpc) is 2.46. The second-order valence-electron chi connectivity index (χ2n) is 4.27. The van der Waals surface area contributed by atoms with Crippen molar-refractivity contribution < 1.29 is 18.7 Å².